The fourth-order valence-electron chi connectivity index (χ4n) is 1.25. The number of hydrogen-bond donors (Lipinski definition) is 3. The lowest BCUT2D eigenvalue weighted by molar-refractivity contribution is -0.117. The van der Waals surface area contributed by atoms with Gasteiger partial charge in [-0.05, 0) is 18.2 Å². The van der Waals surface area contributed by atoms with Crippen LogP contribution < -0.4 is 21.5 Å². The maximum atomic E-state index is 11.6. The standard InChI is InChI=1S/C11H15N3O3/c1-17-9-6-7(2-3-8(9)12)11(16)14-5-4-10(13)15/h2-3,6H,4-5,12H2,1H3,(H2,13,15)(H,14,16). The Morgan fingerprint density at radius 2 is 2.12 bits per heavy atom. The lowest BCUT2D eigenvalue weighted by atomic mass is 10.1. The van der Waals surface area contributed by atoms with Gasteiger partial charge in [-0.3, -0.25) is 9.59 Å². The number of nitrogens with one attached hydrogen (secondary N) is 1. The van der Waals surface area contributed by atoms with Crippen LogP contribution in [-0.2, 0) is 4.79 Å². The molecule has 0 saturated heterocycles. The molecule has 0 heterocycles. The van der Waals surface area contributed by atoms with E-state index in [-0.39, 0.29) is 18.9 Å². The van der Waals surface area contributed by atoms with Gasteiger partial charge in [0.25, 0.3) is 5.91 Å². The summed E-state index contributed by atoms with van der Waals surface area (Å²) >= 11 is 0. The molecule has 6 nitrogen and oxygen atoms in total. The van der Waals surface area contributed by atoms with E-state index in [1.165, 1.54) is 13.2 Å². The lowest BCUT2D eigenvalue weighted by Crippen LogP contribution is -2.27. The number of ether oxygens (including phenoxy) is 1. The third kappa shape index (κ3) is 3.67. The molecule has 0 aliphatic heterocycles. The fraction of sp³-hybridized carbons (Fsp3) is 0.273. The summed E-state index contributed by atoms with van der Waals surface area (Å²) in [4.78, 5) is 22.1. The van der Waals surface area contributed by atoms with Gasteiger partial charge >= 0.3 is 0 Å². The zero-order chi connectivity index (χ0) is 12.8. The van der Waals surface area contributed by atoms with Crippen molar-refractivity contribution in [2.75, 3.05) is 19.4 Å². The molecule has 1 rings (SSSR count). The van der Waals surface area contributed by atoms with Crippen molar-refractivity contribution in [3.8, 4) is 5.75 Å². The van der Waals surface area contributed by atoms with Crippen LogP contribution in [0.1, 0.15) is 16.8 Å². The molecule has 0 atom stereocenters. The molecule has 0 spiro atoms. The summed E-state index contributed by atoms with van der Waals surface area (Å²) in [6, 6.07) is 4.70. The first kappa shape index (κ1) is 12.8. The SMILES string of the molecule is COc1cc(C(=O)NCCC(N)=O)ccc1N. The molecular formula is C11H15N3O3. The number of methoxy groups -OCH3 is 1. The topological polar surface area (TPSA) is 107 Å². The number of anilines is 1. The average molecular weight is 237 g/mol. The predicted molar refractivity (Wildman–Crippen MR) is 63.6 cm³/mol. The first-order valence-electron chi connectivity index (χ1n) is 5.04. The molecule has 92 valence electrons. The van der Waals surface area contributed by atoms with Gasteiger partial charge in [-0.2, -0.15) is 0 Å². The quantitative estimate of drug-likeness (QED) is 0.620. The van der Waals surface area contributed by atoms with E-state index >= 15 is 0 Å². The van der Waals surface area contributed by atoms with Crippen LogP contribution in [0, 0.1) is 0 Å². The van der Waals surface area contributed by atoms with Crippen molar-refractivity contribution in [1.82, 2.24) is 5.32 Å². The maximum absolute atomic E-state index is 11.6. The Hall–Kier alpha value is -2.24. The summed E-state index contributed by atoms with van der Waals surface area (Å²) in [7, 11) is 1.47. The number of carbonyl (C=O) groups is 2. The number of primary amides is 1. The Balaban J connectivity index is 2.66. The molecule has 17 heavy (non-hydrogen) atoms. The first-order valence-corrected chi connectivity index (χ1v) is 5.04. The predicted octanol–water partition coefficient (Wildman–Crippen LogP) is -0.117. The van der Waals surface area contributed by atoms with Crippen LogP contribution >= 0.6 is 0 Å². The minimum Gasteiger partial charge on any atom is -0.495 e. The molecule has 0 aromatic heterocycles. The molecule has 0 fully saturated rings. The molecule has 0 unspecified atom stereocenters. The monoisotopic (exact) mass is 237 g/mol. The second kappa shape index (κ2) is 5.74. The summed E-state index contributed by atoms with van der Waals surface area (Å²) in [5.41, 5.74) is 11.5. The van der Waals surface area contributed by atoms with Crippen molar-refractivity contribution >= 4 is 17.5 Å². The average Bonchev–Trinajstić information content (AvgIpc) is 2.29. The van der Waals surface area contributed by atoms with Crippen LogP contribution in [0.2, 0.25) is 0 Å². The molecule has 0 radical (unpaired) electrons. The van der Waals surface area contributed by atoms with Gasteiger partial charge in [0.2, 0.25) is 5.91 Å². The minimum atomic E-state index is -0.458. The van der Waals surface area contributed by atoms with Crippen molar-refractivity contribution in [2.24, 2.45) is 5.73 Å². The van der Waals surface area contributed by atoms with E-state index in [4.69, 9.17) is 16.2 Å². The van der Waals surface area contributed by atoms with Gasteiger partial charge in [0.05, 0.1) is 12.8 Å². The Morgan fingerprint density at radius 1 is 1.41 bits per heavy atom. The van der Waals surface area contributed by atoms with Crippen molar-refractivity contribution in [1.29, 1.82) is 0 Å². The second-order valence-electron chi connectivity index (χ2n) is 3.43. The first-order chi connectivity index (χ1) is 8.04. The molecule has 1 aromatic carbocycles. The Labute approximate surface area is 98.9 Å². The van der Waals surface area contributed by atoms with Crippen LogP contribution in [-0.4, -0.2) is 25.5 Å². The normalized spacial score (nSPS) is 9.71. The zero-order valence-corrected chi connectivity index (χ0v) is 9.53. The van der Waals surface area contributed by atoms with Crippen LogP contribution in [0.4, 0.5) is 5.69 Å². The summed E-state index contributed by atoms with van der Waals surface area (Å²) in [5.74, 6) is -0.322. The third-order valence-electron chi connectivity index (χ3n) is 2.15. The molecule has 0 saturated carbocycles. The Morgan fingerprint density at radius 3 is 2.71 bits per heavy atom. The molecule has 0 aliphatic rings. The van der Waals surface area contributed by atoms with E-state index in [2.05, 4.69) is 5.32 Å². The highest BCUT2D eigenvalue weighted by Crippen LogP contribution is 2.21. The van der Waals surface area contributed by atoms with E-state index in [1.54, 1.807) is 12.1 Å². The fourth-order valence-corrected chi connectivity index (χ4v) is 1.25. The largest absolute Gasteiger partial charge is 0.495 e. The third-order valence-corrected chi connectivity index (χ3v) is 2.15. The maximum Gasteiger partial charge on any atom is 0.251 e. The number of benzene rings is 1. The summed E-state index contributed by atoms with van der Waals surface area (Å²) < 4.78 is 5.00. The van der Waals surface area contributed by atoms with Gasteiger partial charge in [-0.15, -0.1) is 0 Å². The molecular weight excluding hydrogens is 222 g/mol. The van der Waals surface area contributed by atoms with E-state index in [0.717, 1.165) is 0 Å². The summed E-state index contributed by atoms with van der Waals surface area (Å²) in [6.45, 7) is 0.209. The van der Waals surface area contributed by atoms with Crippen LogP contribution in [0.15, 0.2) is 18.2 Å². The van der Waals surface area contributed by atoms with Crippen molar-refractivity contribution in [3.63, 3.8) is 0 Å². The molecule has 1 aromatic rings. The van der Waals surface area contributed by atoms with Crippen LogP contribution in [0.25, 0.3) is 0 Å². The highest BCUT2D eigenvalue weighted by atomic mass is 16.5. The van der Waals surface area contributed by atoms with E-state index in [9.17, 15) is 9.59 Å². The zero-order valence-electron chi connectivity index (χ0n) is 9.53. The van der Waals surface area contributed by atoms with Gasteiger partial charge in [0.15, 0.2) is 0 Å². The van der Waals surface area contributed by atoms with Crippen molar-refractivity contribution in [2.45, 2.75) is 6.42 Å². The molecule has 2 amide bonds. The van der Waals surface area contributed by atoms with Crippen LogP contribution in [0.3, 0.4) is 0 Å². The number of nitrogen functional groups attached to an aromatic ring is 1. The lowest BCUT2D eigenvalue weighted by Gasteiger charge is -2.07. The Bertz CT molecular complexity index is 432. The van der Waals surface area contributed by atoms with Gasteiger partial charge in [0, 0.05) is 18.5 Å². The summed E-state index contributed by atoms with van der Waals surface area (Å²) in [5, 5.41) is 2.56. The number of amides is 2. The van der Waals surface area contributed by atoms with Crippen LogP contribution in [0.5, 0.6) is 5.75 Å². The molecule has 0 bridgehead atoms. The number of carbonyl (C=O) groups excluding carboxylic acids is 2. The molecule has 5 N–H and O–H groups in total. The van der Waals surface area contributed by atoms with Crippen molar-refractivity contribution in [3.05, 3.63) is 23.8 Å². The van der Waals surface area contributed by atoms with E-state index in [0.29, 0.717) is 17.0 Å². The number of hydrogen-bond acceptors (Lipinski definition) is 4. The van der Waals surface area contributed by atoms with Gasteiger partial charge in [-0.25, -0.2) is 0 Å². The smallest absolute Gasteiger partial charge is 0.251 e. The second-order valence-corrected chi connectivity index (χ2v) is 3.43. The highest BCUT2D eigenvalue weighted by molar-refractivity contribution is 5.95. The number of rotatable bonds is 5. The highest BCUT2D eigenvalue weighted by Gasteiger charge is 2.08. The number of nitrogens with two attached hydrogens (primary N) is 2. The van der Waals surface area contributed by atoms with Gasteiger partial charge < -0.3 is 21.5 Å². The Kier molecular flexibility index (Phi) is 4.33. The minimum absolute atomic E-state index is 0.109. The van der Waals surface area contributed by atoms with Gasteiger partial charge in [0.1, 0.15) is 5.75 Å². The molecule has 0 aliphatic carbocycles. The molecule has 6 heteroatoms. The summed E-state index contributed by atoms with van der Waals surface area (Å²) in [6.07, 6.45) is 0.109. The van der Waals surface area contributed by atoms with E-state index < -0.39 is 5.91 Å². The van der Waals surface area contributed by atoms with E-state index in [1.807, 2.05) is 0 Å². The van der Waals surface area contributed by atoms with Gasteiger partial charge in [-0.1, -0.05) is 0 Å². The van der Waals surface area contributed by atoms with Crippen molar-refractivity contribution < 1.29 is 14.3 Å².